The Kier molecular flexibility index (Phi) is 4.79. The maximum Gasteiger partial charge on any atom is 0.161 e. The lowest BCUT2D eigenvalue weighted by atomic mass is 9.95. The zero-order valence-electron chi connectivity index (χ0n) is 13.2. The van der Waals surface area contributed by atoms with Gasteiger partial charge < -0.3 is 9.47 Å². The molecule has 21 heavy (non-hydrogen) atoms. The lowest BCUT2D eigenvalue weighted by Gasteiger charge is -2.18. The van der Waals surface area contributed by atoms with E-state index in [1.54, 1.807) is 14.2 Å². The van der Waals surface area contributed by atoms with E-state index < -0.39 is 0 Å². The van der Waals surface area contributed by atoms with Crippen LogP contribution in [0.25, 0.3) is 0 Å². The molecular formula is C18H21ClO2. The normalized spacial score (nSPS) is 12.1. The number of benzene rings is 2. The minimum atomic E-state index is -0.204. The Hall–Kier alpha value is -1.67. The van der Waals surface area contributed by atoms with Crippen LogP contribution in [0.2, 0.25) is 0 Å². The van der Waals surface area contributed by atoms with Crippen molar-refractivity contribution in [3.8, 4) is 11.5 Å². The van der Waals surface area contributed by atoms with E-state index in [0.29, 0.717) is 5.75 Å². The molecule has 2 aromatic carbocycles. The molecule has 0 aliphatic carbocycles. The van der Waals surface area contributed by atoms with Gasteiger partial charge in [-0.05, 0) is 55.2 Å². The number of halogens is 1. The molecular weight excluding hydrogens is 284 g/mol. The molecule has 2 aromatic rings. The Morgan fingerprint density at radius 3 is 2.00 bits per heavy atom. The van der Waals surface area contributed by atoms with Gasteiger partial charge in [-0.15, -0.1) is 11.6 Å². The van der Waals surface area contributed by atoms with E-state index in [4.69, 9.17) is 21.1 Å². The summed E-state index contributed by atoms with van der Waals surface area (Å²) in [5.74, 6) is 1.43. The lowest BCUT2D eigenvalue weighted by molar-refractivity contribution is 0.354. The van der Waals surface area contributed by atoms with E-state index in [1.807, 2.05) is 19.1 Å². The Morgan fingerprint density at radius 2 is 1.38 bits per heavy atom. The standard InChI is InChI=1S/C18H21ClO2/c1-11-6-7-12(2)14(8-11)18(19)15-10-17(21-5)16(20-4)9-13(15)3/h6-10,18H,1-5H3. The minimum absolute atomic E-state index is 0.204. The molecule has 0 spiro atoms. The van der Waals surface area contributed by atoms with Crippen LogP contribution in [0.5, 0.6) is 11.5 Å². The highest BCUT2D eigenvalue weighted by molar-refractivity contribution is 6.22. The van der Waals surface area contributed by atoms with Gasteiger partial charge in [0.15, 0.2) is 11.5 Å². The molecule has 1 unspecified atom stereocenters. The molecule has 0 aliphatic heterocycles. The summed E-state index contributed by atoms with van der Waals surface area (Å²) in [5, 5.41) is -0.204. The molecule has 0 amide bonds. The van der Waals surface area contributed by atoms with E-state index in [0.717, 1.165) is 22.4 Å². The van der Waals surface area contributed by atoms with Crippen molar-refractivity contribution >= 4 is 11.6 Å². The smallest absolute Gasteiger partial charge is 0.161 e. The van der Waals surface area contributed by atoms with Crippen molar-refractivity contribution in [1.82, 2.24) is 0 Å². The van der Waals surface area contributed by atoms with Crippen LogP contribution in [0.15, 0.2) is 30.3 Å². The predicted molar refractivity (Wildman–Crippen MR) is 87.9 cm³/mol. The monoisotopic (exact) mass is 304 g/mol. The summed E-state index contributed by atoms with van der Waals surface area (Å²) in [5.41, 5.74) is 5.66. The van der Waals surface area contributed by atoms with E-state index in [2.05, 4.69) is 32.0 Å². The highest BCUT2D eigenvalue weighted by Crippen LogP contribution is 2.39. The molecule has 0 heterocycles. The van der Waals surface area contributed by atoms with Gasteiger partial charge in [-0.25, -0.2) is 0 Å². The molecule has 0 aliphatic rings. The molecule has 0 N–H and O–H groups in total. The summed E-state index contributed by atoms with van der Waals surface area (Å²) in [6.45, 7) is 6.20. The van der Waals surface area contributed by atoms with E-state index >= 15 is 0 Å². The maximum atomic E-state index is 6.74. The first-order valence-corrected chi connectivity index (χ1v) is 7.35. The largest absolute Gasteiger partial charge is 0.493 e. The number of methoxy groups -OCH3 is 2. The average Bonchev–Trinajstić information content (AvgIpc) is 2.48. The fourth-order valence-electron chi connectivity index (χ4n) is 2.47. The van der Waals surface area contributed by atoms with Crippen LogP contribution in [0, 0.1) is 20.8 Å². The van der Waals surface area contributed by atoms with Gasteiger partial charge in [0.2, 0.25) is 0 Å². The zero-order valence-corrected chi connectivity index (χ0v) is 13.9. The van der Waals surface area contributed by atoms with Crippen molar-refractivity contribution in [3.05, 3.63) is 58.1 Å². The van der Waals surface area contributed by atoms with Gasteiger partial charge in [0.1, 0.15) is 0 Å². The van der Waals surface area contributed by atoms with Crippen LogP contribution in [-0.2, 0) is 0 Å². The van der Waals surface area contributed by atoms with Gasteiger partial charge in [-0.3, -0.25) is 0 Å². The maximum absolute atomic E-state index is 6.74. The molecule has 0 saturated carbocycles. The van der Waals surface area contributed by atoms with E-state index in [-0.39, 0.29) is 5.38 Å². The Bertz CT molecular complexity index is 650. The quantitative estimate of drug-likeness (QED) is 0.743. The van der Waals surface area contributed by atoms with Gasteiger partial charge in [0.25, 0.3) is 0 Å². The van der Waals surface area contributed by atoms with E-state index in [1.165, 1.54) is 11.1 Å². The topological polar surface area (TPSA) is 18.5 Å². The molecule has 3 heteroatoms. The third-order valence-electron chi connectivity index (χ3n) is 3.75. The molecule has 2 rings (SSSR count). The van der Waals surface area contributed by atoms with Crippen molar-refractivity contribution in [1.29, 1.82) is 0 Å². The molecule has 0 aromatic heterocycles. The highest BCUT2D eigenvalue weighted by atomic mass is 35.5. The summed E-state index contributed by atoms with van der Waals surface area (Å²) in [4.78, 5) is 0. The van der Waals surface area contributed by atoms with Crippen molar-refractivity contribution < 1.29 is 9.47 Å². The predicted octanol–water partition coefficient (Wildman–Crippen LogP) is 4.96. The zero-order chi connectivity index (χ0) is 15.6. The number of ether oxygens (including phenoxy) is 2. The fraction of sp³-hybridized carbons (Fsp3) is 0.333. The highest BCUT2D eigenvalue weighted by Gasteiger charge is 2.18. The van der Waals surface area contributed by atoms with Gasteiger partial charge in [-0.1, -0.05) is 23.8 Å². The summed E-state index contributed by atoms with van der Waals surface area (Å²) >= 11 is 6.74. The van der Waals surface area contributed by atoms with Crippen LogP contribution < -0.4 is 9.47 Å². The average molecular weight is 305 g/mol. The SMILES string of the molecule is COc1cc(C)c(C(Cl)c2cc(C)ccc2C)cc1OC. The van der Waals surface area contributed by atoms with Crippen LogP contribution in [0.1, 0.15) is 33.2 Å². The number of hydrogen-bond donors (Lipinski definition) is 0. The summed E-state index contributed by atoms with van der Waals surface area (Å²) in [6, 6.07) is 10.3. The first-order chi connectivity index (χ1) is 9.97. The number of aryl methyl sites for hydroxylation is 3. The fourth-order valence-corrected chi connectivity index (χ4v) is 2.94. The molecule has 1 atom stereocenters. The van der Waals surface area contributed by atoms with Crippen LogP contribution >= 0.6 is 11.6 Å². The minimum Gasteiger partial charge on any atom is -0.493 e. The molecule has 0 radical (unpaired) electrons. The van der Waals surface area contributed by atoms with Crippen LogP contribution in [0.4, 0.5) is 0 Å². The second-order valence-electron chi connectivity index (χ2n) is 5.29. The molecule has 0 fully saturated rings. The molecule has 0 saturated heterocycles. The second-order valence-corrected chi connectivity index (χ2v) is 5.72. The van der Waals surface area contributed by atoms with E-state index in [9.17, 15) is 0 Å². The van der Waals surface area contributed by atoms with Gasteiger partial charge in [0.05, 0.1) is 19.6 Å². The second kappa shape index (κ2) is 6.40. The van der Waals surface area contributed by atoms with Gasteiger partial charge in [-0.2, -0.15) is 0 Å². The van der Waals surface area contributed by atoms with Crippen molar-refractivity contribution in [2.45, 2.75) is 26.1 Å². The Morgan fingerprint density at radius 1 is 0.810 bits per heavy atom. The van der Waals surface area contributed by atoms with Crippen LogP contribution in [0.3, 0.4) is 0 Å². The first kappa shape index (κ1) is 15.7. The molecule has 112 valence electrons. The van der Waals surface area contributed by atoms with Crippen LogP contribution in [-0.4, -0.2) is 14.2 Å². The van der Waals surface area contributed by atoms with Gasteiger partial charge >= 0.3 is 0 Å². The van der Waals surface area contributed by atoms with Gasteiger partial charge in [0, 0.05) is 0 Å². The summed E-state index contributed by atoms with van der Waals surface area (Å²) in [6.07, 6.45) is 0. The Balaban J connectivity index is 2.52. The number of hydrogen-bond acceptors (Lipinski definition) is 2. The molecule has 0 bridgehead atoms. The Labute approximate surface area is 131 Å². The third kappa shape index (κ3) is 3.16. The number of alkyl halides is 1. The number of rotatable bonds is 4. The summed E-state index contributed by atoms with van der Waals surface area (Å²) < 4.78 is 10.7. The third-order valence-corrected chi connectivity index (χ3v) is 4.22. The molecule has 2 nitrogen and oxygen atoms in total. The van der Waals surface area contributed by atoms with Crippen molar-refractivity contribution in [2.75, 3.05) is 14.2 Å². The van der Waals surface area contributed by atoms with Crippen molar-refractivity contribution in [3.63, 3.8) is 0 Å². The lowest BCUT2D eigenvalue weighted by Crippen LogP contribution is -2.01. The first-order valence-electron chi connectivity index (χ1n) is 6.91. The van der Waals surface area contributed by atoms with Crippen molar-refractivity contribution in [2.24, 2.45) is 0 Å². The summed E-state index contributed by atoms with van der Waals surface area (Å²) in [7, 11) is 3.28.